The van der Waals surface area contributed by atoms with Gasteiger partial charge in [0.2, 0.25) is 0 Å². The van der Waals surface area contributed by atoms with E-state index in [1.807, 2.05) is 29.7 Å². The van der Waals surface area contributed by atoms with Crippen LogP contribution in [0.3, 0.4) is 0 Å². The molecule has 2 unspecified atom stereocenters. The van der Waals surface area contributed by atoms with Crippen LogP contribution in [0.2, 0.25) is 0 Å². The van der Waals surface area contributed by atoms with Crippen molar-refractivity contribution >= 4 is 23.5 Å². The molecule has 0 aromatic carbocycles. The van der Waals surface area contributed by atoms with E-state index >= 15 is 0 Å². The fourth-order valence-electron chi connectivity index (χ4n) is 3.74. The number of urea groups is 1. The van der Waals surface area contributed by atoms with Gasteiger partial charge in [-0.15, -0.1) is 18.2 Å². The second kappa shape index (κ2) is 10.6. The molecule has 3 heterocycles. The van der Waals surface area contributed by atoms with Crippen LogP contribution in [0, 0.1) is 11.3 Å². The Labute approximate surface area is 204 Å². The van der Waals surface area contributed by atoms with Gasteiger partial charge >= 0.3 is 6.03 Å². The van der Waals surface area contributed by atoms with Crippen molar-refractivity contribution in [3.63, 3.8) is 0 Å². The van der Waals surface area contributed by atoms with E-state index in [0.29, 0.717) is 24.3 Å². The fourth-order valence-corrected chi connectivity index (χ4v) is 3.74. The number of aromatic nitrogens is 2. The number of hydrogen-bond acceptors (Lipinski definition) is 5. The summed E-state index contributed by atoms with van der Waals surface area (Å²) in [5.74, 6) is 0.364. The topological polar surface area (TPSA) is 91.5 Å². The molecule has 0 radical (unpaired) electrons. The summed E-state index contributed by atoms with van der Waals surface area (Å²) in [7, 11) is 0. The van der Waals surface area contributed by atoms with Crippen LogP contribution in [-0.4, -0.2) is 48.9 Å². The molecule has 178 valence electrons. The molecule has 9 heteroatoms. The number of allylic oxidation sites excluding steroid dienone is 8. The average Bonchev–Trinajstić information content (AvgIpc) is 3.20. The number of imidazole rings is 1. The van der Waals surface area contributed by atoms with Crippen molar-refractivity contribution in [2.45, 2.75) is 51.2 Å². The second-order valence-electron chi connectivity index (χ2n) is 8.32. The van der Waals surface area contributed by atoms with Crippen LogP contribution in [-0.2, 0) is 22.6 Å². The molecule has 0 bridgehead atoms. The molecule has 0 saturated carbocycles. The van der Waals surface area contributed by atoms with Gasteiger partial charge in [-0.25, -0.2) is 9.78 Å². The first kappa shape index (κ1) is 25.1. The highest BCUT2D eigenvalue weighted by Gasteiger charge is 2.55. The van der Waals surface area contributed by atoms with Crippen LogP contribution in [0.25, 0.3) is 0 Å². The lowest BCUT2D eigenvalue weighted by molar-refractivity contribution is -0.132. The number of alkyl halides is 1. The van der Waals surface area contributed by atoms with Gasteiger partial charge in [0, 0.05) is 23.7 Å². The highest BCUT2D eigenvalue weighted by molar-refractivity contribution is 6.21. The van der Waals surface area contributed by atoms with Crippen LogP contribution in [0.1, 0.15) is 32.9 Å². The van der Waals surface area contributed by atoms with Crippen molar-refractivity contribution in [1.82, 2.24) is 19.4 Å². The van der Waals surface area contributed by atoms with Crippen LogP contribution < -0.4 is 0 Å². The summed E-state index contributed by atoms with van der Waals surface area (Å²) < 4.78 is 7.35. The van der Waals surface area contributed by atoms with Gasteiger partial charge in [0.15, 0.2) is 6.73 Å². The average molecular weight is 482 g/mol. The Bertz CT molecular complexity index is 1140. The highest BCUT2D eigenvalue weighted by Crippen LogP contribution is 2.34. The molecule has 1 aromatic heterocycles. The number of fused-ring (bicyclic) bond motifs is 1. The predicted molar refractivity (Wildman–Crippen MR) is 129 cm³/mol. The van der Waals surface area contributed by atoms with E-state index in [0.717, 1.165) is 11.3 Å². The Balaban J connectivity index is 0.000000588. The molecular formula is C25H28ClN5O3. The number of hydrogen-bond donors (Lipinski definition) is 0. The fraction of sp³-hybridized carbons (Fsp3) is 0.360. The largest absolute Gasteiger partial charge is 0.478 e. The molecule has 34 heavy (non-hydrogen) atoms. The van der Waals surface area contributed by atoms with Gasteiger partial charge in [0.1, 0.15) is 5.54 Å². The van der Waals surface area contributed by atoms with E-state index in [-0.39, 0.29) is 30.6 Å². The Morgan fingerprint density at radius 2 is 2.09 bits per heavy atom. The van der Waals surface area contributed by atoms with Gasteiger partial charge in [0.05, 0.1) is 30.4 Å². The maximum Gasteiger partial charge on any atom is 0.330 e. The third-order valence-corrected chi connectivity index (χ3v) is 5.90. The van der Waals surface area contributed by atoms with Gasteiger partial charge in [-0.1, -0.05) is 24.3 Å². The number of rotatable bonds is 5. The van der Waals surface area contributed by atoms with Gasteiger partial charge in [-0.2, -0.15) is 5.26 Å². The number of carbonyl (C=O) groups is 2. The molecule has 8 nitrogen and oxygen atoms in total. The zero-order valence-corrected chi connectivity index (χ0v) is 20.3. The monoisotopic (exact) mass is 481 g/mol. The number of nitriles is 1. The van der Waals surface area contributed by atoms with E-state index in [1.165, 1.54) is 9.80 Å². The molecule has 1 saturated heterocycles. The summed E-state index contributed by atoms with van der Waals surface area (Å²) in [6.45, 7) is 9.54. The molecule has 3 amide bonds. The Hall–Kier alpha value is -3.57. The van der Waals surface area contributed by atoms with Crippen LogP contribution in [0.15, 0.2) is 72.5 Å². The van der Waals surface area contributed by atoms with Crippen molar-refractivity contribution in [1.29, 1.82) is 5.26 Å². The summed E-state index contributed by atoms with van der Waals surface area (Å²) >= 11 is 5.34. The second-order valence-corrected chi connectivity index (χ2v) is 9.01. The zero-order chi connectivity index (χ0) is 24.9. The molecule has 4 rings (SSSR count). The minimum absolute atomic E-state index is 0.0606. The molecular weight excluding hydrogens is 454 g/mol. The first-order valence-corrected chi connectivity index (χ1v) is 11.3. The maximum absolute atomic E-state index is 13.0. The third-order valence-electron chi connectivity index (χ3n) is 5.73. The molecule has 1 fully saturated rings. The maximum atomic E-state index is 13.0. The summed E-state index contributed by atoms with van der Waals surface area (Å²) in [4.78, 5) is 32.8. The molecule has 1 aliphatic carbocycles. The lowest BCUT2D eigenvalue weighted by Crippen LogP contribution is -2.48. The van der Waals surface area contributed by atoms with Gasteiger partial charge in [-0.3, -0.25) is 14.6 Å². The van der Waals surface area contributed by atoms with Crippen LogP contribution in [0.4, 0.5) is 4.79 Å². The Morgan fingerprint density at radius 1 is 1.35 bits per heavy atom. The number of ether oxygens (including phenoxy) is 1. The zero-order valence-electron chi connectivity index (χ0n) is 19.6. The molecule has 3 aliphatic rings. The molecule has 1 aromatic rings. The summed E-state index contributed by atoms with van der Waals surface area (Å²) in [6, 6.07) is 1.77. The number of carbonyl (C=O) groups excluding carboxylic acids is 2. The van der Waals surface area contributed by atoms with Crippen molar-refractivity contribution in [2.75, 3.05) is 6.73 Å². The number of nitrogens with zero attached hydrogens (tertiary/aromatic N) is 5. The molecule has 0 spiro atoms. The SMILES string of the molecule is C=CC(C)Cl.CC1=CC2(C)C(=O)N(Cc3cncn3CC3=CCC=C(C#N)C=C3)C(=O)N2CO1. The number of imide groups is 1. The van der Waals surface area contributed by atoms with Crippen molar-refractivity contribution < 1.29 is 14.3 Å². The van der Waals surface area contributed by atoms with Crippen molar-refractivity contribution in [2.24, 2.45) is 0 Å². The van der Waals surface area contributed by atoms with Crippen LogP contribution in [0.5, 0.6) is 0 Å². The number of halogens is 1. The third kappa shape index (κ3) is 5.32. The first-order chi connectivity index (χ1) is 16.2. The lowest BCUT2D eigenvalue weighted by Gasteiger charge is -2.33. The lowest BCUT2D eigenvalue weighted by atomic mass is 9.99. The van der Waals surface area contributed by atoms with E-state index < -0.39 is 5.54 Å². The normalized spacial score (nSPS) is 22.3. The quantitative estimate of drug-likeness (QED) is 0.352. The molecule has 2 atom stereocenters. The van der Waals surface area contributed by atoms with Gasteiger partial charge in [0.25, 0.3) is 5.91 Å². The Kier molecular flexibility index (Phi) is 7.79. The van der Waals surface area contributed by atoms with E-state index in [2.05, 4.69) is 17.6 Å². The first-order valence-electron chi connectivity index (χ1n) is 10.9. The number of amides is 3. The molecule has 0 N–H and O–H groups in total. The summed E-state index contributed by atoms with van der Waals surface area (Å²) in [5.41, 5.74) is 1.40. The van der Waals surface area contributed by atoms with Crippen molar-refractivity contribution in [3.05, 3.63) is 78.2 Å². The summed E-state index contributed by atoms with van der Waals surface area (Å²) in [5, 5.41) is 9.16. The molecule has 2 aliphatic heterocycles. The Morgan fingerprint density at radius 3 is 2.76 bits per heavy atom. The van der Waals surface area contributed by atoms with E-state index in [9.17, 15) is 9.59 Å². The standard InChI is InChI=1S/C21H21N5O3.C4H7Cl/c1-15-8-21(2)19(27)25(20(28)26(21)14-29-15)12-18-10-23-13-24(18)11-17-5-3-4-16(9-22)6-7-17;1-3-4(2)5/h4-8,10,13H,3,11-12,14H2,1-2H3;3-4H,1H2,2H3. The van der Waals surface area contributed by atoms with Crippen LogP contribution >= 0.6 is 11.6 Å². The minimum Gasteiger partial charge on any atom is -0.478 e. The highest BCUT2D eigenvalue weighted by atomic mass is 35.5. The predicted octanol–water partition coefficient (Wildman–Crippen LogP) is 4.43. The van der Waals surface area contributed by atoms with Gasteiger partial charge in [-0.05, 0) is 44.9 Å². The van der Waals surface area contributed by atoms with E-state index in [4.69, 9.17) is 21.6 Å². The van der Waals surface area contributed by atoms with Gasteiger partial charge < -0.3 is 9.30 Å². The van der Waals surface area contributed by atoms with E-state index in [1.54, 1.807) is 44.6 Å². The smallest absolute Gasteiger partial charge is 0.330 e. The summed E-state index contributed by atoms with van der Waals surface area (Å²) in [6.07, 6.45) is 15.0. The van der Waals surface area contributed by atoms with Crippen molar-refractivity contribution in [3.8, 4) is 6.07 Å². The minimum atomic E-state index is -1.02.